The largest absolute Gasteiger partial charge is 0.480 e. The average Bonchev–Trinajstić information content (AvgIpc) is 3.00. The molecule has 0 radical (unpaired) electrons. The van der Waals surface area contributed by atoms with Gasteiger partial charge in [0.25, 0.3) is 10.0 Å². The Labute approximate surface area is 257 Å². The van der Waals surface area contributed by atoms with Crippen LogP contribution in [0.25, 0.3) is 22.0 Å². The molecule has 2 aromatic heterocycles. The van der Waals surface area contributed by atoms with Crippen LogP contribution in [0.2, 0.25) is 5.02 Å². The van der Waals surface area contributed by atoms with Gasteiger partial charge in [0.15, 0.2) is 11.6 Å². The van der Waals surface area contributed by atoms with Gasteiger partial charge >= 0.3 is 0 Å². The molecule has 44 heavy (non-hydrogen) atoms. The number of allylic oxidation sites excluding steroid dienone is 1. The lowest BCUT2D eigenvalue weighted by Crippen LogP contribution is -2.48. The van der Waals surface area contributed by atoms with Gasteiger partial charge in [-0.2, -0.15) is 0 Å². The van der Waals surface area contributed by atoms with Gasteiger partial charge in [0, 0.05) is 49.6 Å². The maximum Gasteiger partial charge on any atom is 0.265 e. The summed E-state index contributed by atoms with van der Waals surface area (Å²) < 4.78 is 72.6. The number of carbonyl (C=O) groups excluding carboxylic acids is 2. The number of aromatic nitrogens is 3. The van der Waals surface area contributed by atoms with Crippen molar-refractivity contribution in [2.24, 2.45) is 0 Å². The fraction of sp³-hybridized carbons (Fsp3) is 0.207. The van der Waals surface area contributed by atoms with Crippen molar-refractivity contribution in [3.8, 4) is 17.0 Å². The van der Waals surface area contributed by atoms with Crippen molar-refractivity contribution in [2.45, 2.75) is 11.8 Å². The number of hydrogen-bond acceptors (Lipinski definition) is 9. The number of nitrogens with one attached hydrogen (secondary N) is 1. The molecule has 1 fully saturated rings. The van der Waals surface area contributed by atoms with Crippen molar-refractivity contribution in [1.29, 1.82) is 0 Å². The van der Waals surface area contributed by atoms with Gasteiger partial charge < -0.3 is 14.5 Å². The van der Waals surface area contributed by atoms with E-state index in [1.165, 1.54) is 62.7 Å². The number of carbonyl (C=O) groups is 2. The second-order valence-electron chi connectivity index (χ2n) is 9.66. The van der Waals surface area contributed by atoms with Crippen LogP contribution >= 0.6 is 11.6 Å². The van der Waals surface area contributed by atoms with E-state index in [9.17, 15) is 22.4 Å². The van der Waals surface area contributed by atoms with Crippen LogP contribution in [0.5, 0.6) is 5.88 Å². The number of anilines is 2. The highest BCUT2D eigenvalue weighted by atomic mass is 35.5. The number of sulfonamides is 1. The first kappa shape index (κ1) is 29.4. The van der Waals surface area contributed by atoms with Gasteiger partial charge in [0.05, 0.1) is 23.0 Å². The highest BCUT2D eigenvalue weighted by Crippen LogP contribution is 2.36. The third kappa shape index (κ3) is 6.17. The van der Waals surface area contributed by atoms with E-state index in [-0.39, 0.29) is 88.6 Å². The number of ketones is 1. The molecule has 0 unspecified atom stereocenters. The molecule has 3 heterocycles. The van der Waals surface area contributed by atoms with Gasteiger partial charge in [-0.25, -0.2) is 32.2 Å². The predicted molar refractivity (Wildman–Crippen MR) is 160 cm³/mol. The Balaban J connectivity index is 1.51. The molecule has 1 saturated heterocycles. The lowest BCUT2D eigenvalue weighted by Gasteiger charge is -2.35. The van der Waals surface area contributed by atoms with Crippen molar-refractivity contribution in [3.63, 3.8) is 0 Å². The van der Waals surface area contributed by atoms with Crippen molar-refractivity contribution in [3.05, 3.63) is 77.7 Å². The van der Waals surface area contributed by atoms with E-state index in [4.69, 9.17) is 17.7 Å². The molecular formula is C29H25ClF2N6O5S. The molecular weight excluding hydrogens is 618 g/mol. The number of benzene rings is 2. The summed E-state index contributed by atoms with van der Waals surface area (Å²) in [5.41, 5.74) is 0.130. The molecule has 5 rings (SSSR count). The van der Waals surface area contributed by atoms with Crippen LogP contribution < -0.4 is 14.4 Å². The first-order chi connectivity index (χ1) is 21.4. The second-order valence-corrected chi connectivity index (χ2v) is 11.7. The highest BCUT2D eigenvalue weighted by Gasteiger charge is 2.26. The smallest absolute Gasteiger partial charge is 0.265 e. The number of amides is 1. The summed E-state index contributed by atoms with van der Waals surface area (Å²) in [6, 6.07) is 7.71. The predicted octanol–water partition coefficient (Wildman–Crippen LogP) is 4.23. The average molecular weight is 644 g/mol. The normalized spacial score (nSPS) is 14.2. The summed E-state index contributed by atoms with van der Waals surface area (Å²) in [7, 11) is -3.25. The highest BCUT2D eigenvalue weighted by molar-refractivity contribution is 7.92. The lowest BCUT2D eigenvalue weighted by molar-refractivity contribution is -0.126. The fourth-order valence-electron chi connectivity index (χ4n) is 4.66. The quantitative estimate of drug-likeness (QED) is 0.280. The van der Waals surface area contributed by atoms with Crippen LogP contribution in [0.4, 0.5) is 20.3 Å². The molecule has 1 N–H and O–H groups in total. The van der Waals surface area contributed by atoms with Crippen LogP contribution in [-0.2, 0) is 19.6 Å². The Morgan fingerprint density at radius 3 is 2.52 bits per heavy atom. The van der Waals surface area contributed by atoms with Gasteiger partial charge in [-0.3, -0.25) is 14.3 Å². The molecule has 0 aliphatic carbocycles. The summed E-state index contributed by atoms with van der Waals surface area (Å²) in [5, 5.41) is -0.375. The maximum absolute atomic E-state index is 16.4. The molecule has 11 nitrogen and oxygen atoms in total. The molecule has 1 aliphatic heterocycles. The number of pyridine rings is 1. The van der Waals surface area contributed by atoms with E-state index in [0.29, 0.717) is 0 Å². The number of hydrogen-bond donors (Lipinski definition) is 1. The molecule has 0 atom stereocenters. The van der Waals surface area contributed by atoms with Gasteiger partial charge in [-0.1, -0.05) is 17.7 Å². The molecule has 0 saturated carbocycles. The first-order valence-electron chi connectivity index (χ1n) is 13.6. The van der Waals surface area contributed by atoms with E-state index in [1.807, 2.05) is 0 Å². The summed E-state index contributed by atoms with van der Waals surface area (Å²) in [5.74, 6) is -2.49. The zero-order valence-corrected chi connectivity index (χ0v) is 24.9. The minimum absolute atomic E-state index is 0.0119. The van der Waals surface area contributed by atoms with E-state index >= 15 is 4.39 Å². The van der Waals surface area contributed by atoms with Gasteiger partial charge in [0.1, 0.15) is 29.9 Å². The topological polar surface area (TPSA) is 135 Å². The Kier molecular flexibility index (Phi) is 8.35. The standard InChI is InChI=1S/C29H25ClF2N6O5S/c1-17(39)6-9-24(40)37-10-12-38(13-11-37)28-25-21(34-16-35-28)8-7-19(26(25)31)18-14-22(29(43-2)33-15-18)36-44(41,42)23-5-3-4-20(30)27(23)32/h3-9,14-16,36H,10-13H2,1-2H3/b9-6+/i16D. The number of rotatable bonds is 8. The first-order valence-corrected chi connectivity index (χ1v) is 15.0. The number of halogens is 3. The SMILES string of the molecule is [2H]c1nc(N2CCN(C(=O)/C=C/C(C)=O)CC2)c2c(F)c(-c3cnc(OC)c(NS(=O)(=O)c4cccc(Cl)c4F)c3)ccc2n1. The van der Waals surface area contributed by atoms with Crippen LogP contribution in [0, 0.1) is 11.6 Å². The number of fused-ring (bicyclic) bond motifs is 1. The zero-order valence-electron chi connectivity index (χ0n) is 24.3. The van der Waals surface area contributed by atoms with Crippen LogP contribution in [-0.4, -0.2) is 73.2 Å². The number of methoxy groups -OCH3 is 1. The number of nitrogens with zero attached hydrogens (tertiary/aromatic N) is 5. The molecule has 4 aromatic rings. The number of ether oxygens (including phenoxy) is 1. The van der Waals surface area contributed by atoms with Crippen LogP contribution in [0.1, 0.15) is 8.29 Å². The zero-order chi connectivity index (χ0) is 32.5. The fourth-order valence-corrected chi connectivity index (χ4v) is 6.04. The summed E-state index contributed by atoms with van der Waals surface area (Å²) in [6.07, 6.45) is 3.34. The van der Waals surface area contributed by atoms with Gasteiger partial charge in [-0.05, 0) is 43.3 Å². The molecule has 15 heteroatoms. The van der Waals surface area contributed by atoms with E-state index in [1.54, 1.807) is 9.80 Å². The summed E-state index contributed by atoms with van der Waals surface area (Å²) in [4.78, 5) is 38.6. The van der Waals surface area contributed by atoms with Crippen molar-refractivity contribution in [1.82, 2.24) is 19.9 Å². The van der Waals surface area contributed by atoms with Gasteiger partial charge in [0.2, 0.25) is 11.8 Å². The van der Waals surface area contributed by atoms with E-state index in [0.717, 1.165) is 6.07 Å². The molecule has 1 aliphatic rings. The van der Waals surface area contributed by atoms with Crippen molar-refractivity contribution in [2.75, 3.05) is 42.9 Å². The lowest BCUT2D eigenvalue weighted by atomic mass is 10.0. The Morgan fingerprint density at radius 2 is 1.82 bits per heavy atom. The third-order valence-electron chi connectivity index (χ3n) is 6.83. The maximum atomic E-state index is 16.4. The van der Waals surface area contributed by atoms with E-state index < -0.39 is 26.6 Å². The minimum Gasteiger partial charge on any atom is -0.480 e. The Hall–Kier alpha value is -4.69. The molecule has 0 spiro atoms. The van der Waals surface area contributed by atoms with Crippen LogP contribution in [0.15, 0.2) is 65.9 Å². The molecule has 2 aromatic carbocycles. The Bertz CT molecular complexity index is 1970. The van der Waals surface area contributed by atoms with Crippen LogP contribution in [0.3, 0.4) is 0 Å². The van der Waals surface area contributed by atoms with E-state index in [2.05, 4.69) is 19.7 Å². The number of piperazine rings is 1. The molecule has 228 valence electrons. The molecule has 1 amide bonds. The summed E-state index contributed by atoms with van der Waals surface area (Å²) >= 11 is 5.77. The second kappa shape index (κ2) is 12.5. The van der Waals surface area contributed by atoms with Crippen molar-refractivity contribution < 1.29 is 32.9 Å². The Morgan fingerprint density at radius 1 is 1.07 bits per heavy atom. The monoisotopic (exact) mass is 643 g/mol. The minimum atomic E-state index is -4.51. The van der Waals surface area contributed by atoms with Crippen molar-refractivity contribution >= 4 is 55.7 Å². The molecule has 0 bridgehead atoms. The third-order valence-corrected chi connectivity index (χ3v) is 8.50. The summed E-state index contributed by atoms with van der Waals surface area (Å²) in [6.45, 7) is 2.41. The van der Waals surface area contributed by atoms with Gasteiger partial charge in [-0.15, -0.1) is 0 Å².